The van der Waals surface area contributed by atoms with Crippen molar-refractivity contribution in [2.45, 2.75) is 19.9 Å². The molecule has 0 amide bonds. The lowest BCUT2D eigenvalue weighted by atomic mass is 10.3. The summed E-state index contributed by atoms with van der Waals surface area (Å²) in [6, 6.07) is 3.91. The van der Waals surface area contributed by atoms with Gasteiger partial charge in [0.1, 0.15) is 0 Å². The van der Waals surface area contributed by atoms with E-state index in [-0.39, 0.29) is 24.8 Å². The molecule has 0 saturated carbocycles. The maximum atomic E-state index is 5.52. The zero-order valence-corrected chi connectivity index (χ0v) is 10.0. The molecule has 2 N–H and O–H groups in total. The molecule has 0 unspecified atom stereocenters. The molecule has 0 bridgehead atoms. The third-order valence-corrected chi connectivity index (χ3v) is 1.99. The third kappa shape index (κ3) is 2.81. The van der Waals surface area contributed by atoms with Crippen molar-refractivity contribution in [1.29, 1.82) is 0 Å². The number of hydrogen-bond donors (Lipinski definition) is 1. The van der Waals surface area contributed by atoms with E-state index in [2.05, 4.69) is 10.1 Å². The Hall–Kier alpha value is -0.840. The smallest absolute Gasteiger partial charge is 0.155 e. The molecule has 2 rings (SSSR count). The van der Waals surface area contributed by atoms with E-state index < -0.39 is 0 Å². The molecule has 0 aromatic carbocycles. The van der Waals surface area contributed by atoms with E-state index in [0.717, 1.165) is 23.5 Å². The van der Waals surface area contributed by atoms with Crippen LogP contribution in [0.3, 0.4) is 0 Å². The molecule has 0 saturated heterocycles. The van der Waals surface area contributed by atoms with Crippen molar-refractivity contribution in [1.82, 2.24) is 14.6 Å². The highest BCUT2D eigenvalue weighted by Gasteiger charge is 2.00. The summed E-state index contributed by atoms with van der Waals surface area (Å²) in [5.41, 5.74) is 7.47. The minimum atomic E-state index is 0. The first kappa shape index (κ1) is 14.2. The standard InChI is InChI=1S/C9H12N4.2ClH/c1-2-8-11-9-4-3-7(5-10)6-13(9)12-8;;/h3-4,6H,2,5,10H2,1H3;2*1H. The minimum Gasteiger partial charge on any atom is -0.326 e. The fraction of sp³-hybridized carbons (Fsp3) is 0.333. The molecule has 0 atom stereocenters. The second-order valence-corrected chi connectivity index (χ2v) is 2.93. The Bertz CT molecular complexity index is 425. The van der Waals surface area contributed by atoms with Gasteiger partial charge in [0.15, 0.2) is 11.5 Å². The molecule has 0 radical (unpaired) electrons. The van der Waals surface area contributed by atoms with Gasteiger partial charge in [-0.3, -0.25) is 0 Å². The van der Waals surface area contributed by atoms with E-state index in [0.29, 0.717) is 6.54 Å². The van der Waals surface area contributed by atoms with E-state index in [1.165, 1.54) is 0 Å². The second kappa shape index (κ2) is 5.90. The van der Waals surface area contributed by atoms with Gasteiger partial charge in [-0.2, -0.15) is 5.10 Å². The SMILES string of the molecule is CCc1nc2ccc(CN)cn2n1.Cl.Cl. The van der Waals surface area contributed by atoms with Crippen molar-refractivity contribution in [3.05, 3.63) is 29.7 Å². The molecule has 0 spiro atoms. The lowest BCUT2D eigenvalue weighted by molar-refractivity contribution is 0.873. The van der Waals surface area contributed by atoms with Crippen LogP contribution in [0.5, 0.6) is 0 Å². The average Bonchev–Trinajstić information content (AvgIpc) is 2.58. The molecule has 2 aromatic heterocycles. The number of nitrogens with two attached hydrogens (primary N) is 1. The molecule has 2 aromatic rings. The highest BCUT2D eigenvalue weighted by atomic mass is 35.5. The van der Waals surface area contributed by atoms with E-state index in [4.69, 9.17) is 5.73 Å². The number of aryl methyl sites for hydroxylation is 1. The highest BCUT2D eigenvalue weighted by molar-refractivity contribution is 5.85. The average molecular weight is 249 g/mol. The highest BCUT2D eigenvalue weighted by Crippen LogP contribution is 2.04. The number of halogens is 2. The van der Waals surface area contributed by atoms with Gasteiger partial charge in [0.2, 0.25) is 0 Å². The van der Waals surface area contributed by atoms with Gasteiger partial charge in [-0.25, -0.2) is 9.50 Å². The topological polar surface area (TPSA) is 56.2 Å². The maximum Gasteiger partial charge on any atom is 0.155 e. The van der Waals surface area contributed by atoms with Crippen molar-refractivity contribution in [2.75, 3.05) is 0 Å². The zero-order valence-electron chi connectivity index (χ0n) is 8.38. The molecular formula is C9H14Cl2N4. The summed E-state index contributed by atoms with van der Waals surface area (Å²) in [5, 5.41) is 4.29. The zero-order chi connectivity index (χ0) is 9.26. The Morgan fingerprint density at radius 2 is 2.07 bits per heavy atom. The molecule has 15 heavy (non-hydrogen) atoms. The van der Waals surface area contributed by atoms with Crippen LogP contribution in [0, 0.1) is 0 Å². The molecule has 0 aliphatic heterocycles. The van der Waals surface area contributed by atoms with Crippen LogP contribution >= 0.6 is 24.8 Å². The lowest BCUT2D eigenvalue weighted by Gasteiger charge is -1.95. The van der Waals surface area contributed by atoms with Crippen molar-refractivity contribution < 1.29 is 0 Å². The Morgan fingerprint density at radius 3 is 2.67 bits per heavy atom. The molecule has 0 aliphatic rings. The summed E-state index contributed by atoms with van der Waals surface area (Å²) in [5.74, 6) is 0.870. The van der Waals surface area contributed by atoms with Crippen molar-refractivity contribution in [2.24, 2.45) is 5.73 Å². The van der Waals surface area contributed by atoms with Gasteiger partial charge in [0, 0.05) is 19.2 Å². The summed E-state index contributed by atoms with van der Waals surface area (Å²) in [6.45, 7) is 2.58. The first-order valence-electron chi connectivity index (χ1n) is 4.37. The predicted molar refractivity (Wildman–Crippen MR) is 64.8 cm³/mol. The first-order valence-corrected chi connectivity index (χ1v) is 4.37. The fourth-order valence-corrected chi connectivity index (χ4v) is 1.24. The summed E-state index contributed by atoms with van der Waals surface area (Å²) in [7, 11) is 0. The largest absolute Gasteiger partial charge is 0.326 e. The number of aromatic nitrogens is 3. The van der Waals surface area contributed by atoms with E-state index in [1.807, 2.05) is 25.3 Å². The number of hydrogen-bond acceptors (Lipinski definition) is 3. The van der Waals surface area contributed by atoms with E-state index in [1.54, 1.807) is 4.52 Å². The van der Waals surface area contributed by atoms with Crippen LogP contribution in [0.4, 0.5) is 0 Å². The summed E-state index contributed by atoms with van der Waals surface area (Å²) >= 11 is 0. The Balaban J connectivity index is 0.000000980. The molecule has 0 aliphatic carbocycles. The monoisotopic (exact) mass is 248 g/mol. The quantitative estimate of drug-likeness (QED) is 0.879. The van der Waals surface area contributed by atoms with Crippen LogP contribution in [0.1, 0.15) is 18.3 Å². The van der Waals surface area contributed by atoms with Crippen LogP contribution in [0.25, 0.3) is 5.65 Å². The van der Waals surface area contributed by atoms with Gasteiger partial charge in [0.05, 0.1) is 0 Å². The third-order valence-electron chi connectivity index (χ3n) is 1.99. The maximum absolute atomic E-state index is 5.52. The molecule has 84 valence electrons. The number of fused-ring (bicyclic) bond motifs is 1. The second-order valence-electron chi connectivity index (χ2n) is 2.93. The molecule has 6 heteroatoms. The van der Waals surface area contributed by atoms with Gasteiger partial charge in [-0.05, 0) is 11.6 Å². The Labute approximate surface area is 101 Å². The number of pyridine rings is 1. The van der Waals surface area contributed by atoms with Crippen LogP contribution in [-0.2, 0) is 13.0 Å². The van der Waals surface area contributed by atoms with E-state index >= 15 is 0 Å². The number of rotatable bonds is 2. The molecule has 0 fully saturated rings. The van der Waals surface area contributed by atoms with Crippen LogP contribution in [0.2, 0.25) is 0 Å². The summed E-state index contributed by atoms with van der Waals surface area (Å²) in [6.07, 6.45) is 2.78. The van der Waals surface area contributed by atoms with Gasteiger partial charge < -0.3 is 5.73 Å². The fourth-order valence-electron chi connectivity index (χ4n) is 1.24. The van der Waals surface area contributed by atoms with Crippen molar-refractivity contribution in [3.8, 4) is 0 Å². The van der Waals surface area contributed by atoms with Gasteiger partial charge in [0.25, 0.3) is 0 Å². The molecule has 2 heterocycles. The van der Waals surface area contributed by atoms with Crippen LogP contribution in [0.15, 0.2) is 18.3 Å². The molecular weight excluding hydrogens is 235 g/mol. The van der Waals surface area contributed by atoms with Gasteiger partial charge in [-0.1, -0.05) is 13.0 Å². The summed E-state index contributed by atoms with van der Waals surface area (Å²) in [4.78, 5) is 4.32. The van der Waals surface area contributed by atoms with Gasteiger partial charge >= 0.3 is 0 Å². The van der Waals surface area contributed by atoms with Crippen molar-refractivity contribution >= 4 is 30.5 Å². The molecule has 4 nitrogen and oxygen atoms in total. The lowest BCUT2D eigenvalue weighted by Crippen LogP contribution is -1.98. The number of nitrogens with zero attached hydrogens (tertiary/aromatic N) is 3. The van der Waals surface area contributed by atoms with Crippen LogP contribution < -0.4 is 5.73 Å². The van der Waals surface area contributed by atoms with Crippen LogP contribution in [-0.4, -0.2) is 14.6 Å². The van der Waals surface area contributed by atoms with Gasteiger partial charge in [-0.15, -0.1) is 24.8 Å². The van der Waals surface area contributed by atoms with Crippen molar-refractivity contribution in [3.63, 3.8) is 0 Å². The minimum absolute atomic E-state index is 0. The first-order chi connectivity index (χ1) is 6.33. The normalized spacial score (nSPS) is 9.47. The van der Waals surface area contributed by atoms with E-state index in [9.17, 15) is 0 Å². The predicted octanol–water partition coefficient (Wildman–Crippen LogP) is 1.59. The summed E-state index contributed by atoms with van der Waals surface area (Å²) < 4.78 is 1.78. The Kier molecular flexibility index (Phi) is 5.57. The Morgan fingerprint density at radius 1 is 1.33 bits per heavy atom.